The van der Waals surface area contributed by atoms with Gasteiger partial charge in [0.15, 0.2) is 6.61 Å². The number of hydrogen-bond acceptors (Lipinski definition) is 6. The molecule has 3 aromatic rings. The number of aromatic nitrogens is 1. The molecule has 11 heteroatoms. The minimum atomic E-state index is -4.55. The molecule has 0 saturated heterocycles. The van der Waals surface area contributed by atoms with Crippen molar-refractivity contribution in [1.29, 1.82) is 5.26 Å². The van der Waals surface area contributed by atoms with Crippen LogP contribution in [0.4, 0.5) is 34.8 Å². The van der Waals surface area contributed by atoms with E-state index in [1.165, 1.54) is 47.5 Å². The van der Waals surface area contributed by atoms with E-state index in [1.54, 1.807) is 0 Å². The summed E-state index contributed by atoms with van der Waals surface area (Å²) in [5, 5.41) is 11.5. The van der Waals surface area contributed by atoms with Crippen molar-refractivity contribution in [2.45, 2.75) is 12.6 Å². The highest BCUT2D eigenvalue weighted by atomic mass is 19.4. The molecule has 0 unspecified atom stereocenters. The summed E-state index contributed by atoms with van der Waals surface area (Å²) < 4.78 is 57.3. The molecule has 0 saturated carbocycles. The quantitative estimate of drug-likeness (QED) is 0.352. The molecule has 7 nitrogen and oxygen atoms in total. The number of pyridine rings is 1. The topological polar surface area (TPSA) is 95.3 Å². The van der Waals surface area contributed by atoms with Crippen molar-refractivity contribution < 1.29 is 31.9 Å². The molecule has 0 spiro atoms. The number of benzene rings is 2. The number of alkyl halides is 3. The second kappa shape index (κ2) is 11.1. The number of nitriles is 1. The third kappa shape index (κ3) is 6.77. The molecular formula is C24H18F4N4O3. The van der Waals surface area contributed by atoms with E-state index in [-0.39, 0.29) is 30.0 Å². The molecule has 35 heavy (non-hydrogen) atoms. The summed E-state index contributed by atoms with van der Waals surface area (Å²) in [6.07, 6.45) is -3.23. The van der Waals surface area contributed by atoms with E-state index in [0.717, 1.165) is 24.3 Å². The zero-order valence-electron chi connectivity index (χ0n) is 18.1. The Kier molecular flexibility index (Phi) is 7.99. The first-order valence-electron chi connectivity index (χ1n) is 10.2. The van der Waals surface area contributed by atoms with E-state index < -0.39 is 36.0 Å². The number of esters is 1. The van der Waals surface area contributed by atoms with Gasteiger partial charge < -0.3 is 15.0 Å². The molecule has 2 aromatic carbocycles. The van der Waals surface area contributed by atoms with Crippen LogP contribution in [0.15, 0.2) is 66.9 Å². The van der Waals surface area contributed by atoms with Gasteiger partial charge >= 0.3 is 12.1 Å². The van der Waals surface area contributed by atoms with Crippen molar-refractivity contribution in [3.8, 4) is 6.07 Å². The number of carbonyl (C=O) groups excluding carboxylic acids is 2. The van der Waals surface area contributed by atoms with Crippen LogP contribution < -0.4 is 10.2 Å². The molecule has 1 aromatic heterocycles. The molecule has 0 aliphatic heterocycles. The lowest BCUT2D eigenvalue weighted by Gasteiger charge is -2.21. The van der Waals surface area contributed by atoms with Crippen LogP contribution in [0, 0.1) is 17.1 Å². The lowest BCUT2D eigenvalue weighted by atomic mass is 10.2. The van der Waals surface area contributed by atoms with E-state index in [9.17, 15) is 27.2 Å². The molecule has 1 heterocycles. The van der Waals surface area contributed by atoms with Gasteiger partial charge in [-0.05, 0) is 54.6 Å². The number of ether oxygens (including phenoxy) is 1. The van der Waals surface area contributed by atoms with Crippen LogP contribution in [0.3, 0.4) is 0 Å². The fourth-order valence-corrected chi connectivity index (χ4v) is 3.04. The number of nitrogens with one attached hydrogen (secondary N) is 1. The van der Waals surface area contributed by atoms with Gasteiger partial charge in [0.2, 0.25) is 0 Å². The van der Waals surface area contributed by atoms with Crippen LogP contribution in [0.5, 0.6) is 0 Å². The standard InChI is InChI=1S/C24H18F4N4O3/c25-17-7-9-19(10-8-17)32(13-3-11-29)21(33)15-35-23(34)20-6-2-12-30-22(20)31-18-5-1-4-16(14-18)24(26,27)28/h1-2,4-10,12,14H,3,13,15H2,(H,30,31). The smallest absolute Gasteiger partial charge is 0.416 e. The minimum absolute atomic E-state index is 0.00619. The monoisotopic (exact) mass is 486 g/mol. The summed E-state index contributed by atoms with van der Waals surface area (Å²) in [6.45, 7) is -0.701. The molecular weight excluding hydrogens is 468 g/mol. The number of hydrogen-bond donors (Lipinski definition) is 1. The number of rotatable bonds is 8. The van der Waals surface area contributed by atoms with E-state index in [1.807, 2.05) is 6.07 Å². The van der Waals surface area contributed by atoms with E-state index in [0.29, 0.717) is 5.69 Å². The van der Waals surface area contributed by atoms with Gasteiger partial charge in [-0.25, -0.2) is 14.2 Å². The normalized spacial score (nSPS) is 10.8. The lowest BCUT2D eigenvalue weighted by molar-refractivity contribution is -0.137. The summed E-state index contributed by atoms with van der Waals surface area (Å²) in [5.41, 5.74) is -0.631. The van der Waals surface area contributed by atoms with E-state index in [2.05, 4.69) is 10.3 Å². The molecule has 0 aliphatic rings. The molecule has 1 N–H and O–H groups in total. The van der Waals surface area contributed by atoms with Crippen LogP contribution in [0.1, 0.15) is 22.3 Å². The summed E-state index contributed by atoms with van der Waals surface area (Å²) in [4.78, 5) is 30.5. The van der Waals surface area contributed by atoms with Gasteiger partial charge in [0.25, 0.3) is 5.91 Å². The predicted molar refractivity (Wildman–Crippen MR) is 118 cm³/mol. The second-order valence-electron chi connectivity index (χ2n) is 7.11. The van der Waals surface area contributed by atoms with Crippen molar-refractivity contribution >= 4 is 29.1 Å². The Morgan fingerprint density at radius 2 is 1.83 bits per heavy atom. The number of anilines is 3. The fourth-order valence-electron chi connectivity index (χ4n) is 3.04. The summed E-state index contributed by atoms with van der Waals surface area (Å²) in [5.74, 6) is -2.17. The Hall–Kier alpha value is -4.46. The van der Waals surface area contributed by atoms with Gasteiger partial charge in [-0.3, -0.25) is 4.79 Å². The average molecular weight is 486 g/mol. The molecule has 180 valence electrons. The van der Waals surface area contributed by atoms with Gasteiger partial charge in [0.05, 0.1) is 18.1 Å². The van der Waals surface area contributed by atoms with Crippen molar-refractivity contribution in [3.05, 3.63) is 83.8 Å². The SMILES string of the molecule is N#CCCN(C(=O)COC(=O)c1cccnc1Nc1cccc(C(F)(F)F)c1)c1ccc(F)cc1. The van der Waals surface area contributed by atoms with Crippen LogP contribution in [0.2, 0.25) is 0 Å². The Balaban J connectivity index is 1.73. The van der Waals surface area contributed by atoms with Gasteiger partial charge in [-0.2, -0.15) is 18.4 Å². The van der Waals surface area contributed by atoms with Gasteiger partial charge in [0, 0.05) is 24.1 Å². The first-order valence-corrected chi connectivity index (χ1v) is 10.2. The maximum Gasteiger partial charge on any atom is 0.416 e. The molecule has 0 atom stereocenters. The van der Waals surface area contributed by atoms with E-state index >= 15 is 0 Å². The second-order valence-corrected chi connectivity index (χ2v) is 7.11. The zero-order chi connectivity index (χ0) is 25.4. The van der Waals surface area contributed by atoms with E-state index in [4.69, 9.17) is 10.00 Å². The predicted octanol–water partition coefficient (Wildman–Crippen LogP) is 5.09. The first-order chi connectivity index (χ1) is 16.7. The molecule has 3 rings (SSSR count). The first kappa shape index (κ1) is 25.2. The largest absolute Gasteiger partial charge is 0.452 e. The third-order valence-corrected chi connectivity index (χ3v) is 4.69. The molecule has 0 fully saturated rings. The highest BCUT2D eigenvalue weighted by Crippen LogP contribution is 2.31. The Morgan fingerprint density at radius 1 is 1.09 bits per heavy atom. The maximum absolute atomic E-state index is 13.2. The van der Waals surface area contributed by atoms with Crippen molar-refractivity contribution in [2.24, 2.45) is 0 Å². The third-order valence-electron chi connectivity index (χ3n) is 4.69. The highest BCUT2D eigenvalue weighted by Gasteiger charge is 2.30. The van der Waals surface area contributed by atoms with Gasteiger partial charge in [-0.1, -0.05) is 6.07 Å². The fraction of sp³-hybridized carbons (Fsp3) is 0.167. The van der Waals surface area contributed by atoms with Gasteiger partial charge in [-0.15, -0.1) is 0 Å². The summed E-state index contributed by atoms with van der Waals surface area (Å²) >= 11 is 0. The van der Waals surface area contributed by atoms with Crippen LogP contribution in [-0.4, -0.2) is 30.0 Å². The minimum Gasteiger partial charge on any atom is -0.452 e. The van der Waals surface area contributed by atoms with Crippen LogP contribution >= 0.6 is 0 Å². The van der Waals surface area contributed by atoms with Crippen molar-refractivity contribution in [1.82, 2.24) is 4.98 Å². The maximum atomic E-state index is 13.2. The van der Waals surface area contributed by atoms with Crippen LogP contribution in [-0.2, 0) is 15.7 Å². The molecule has 0 bridgehead atoms. The number of halogens is 4. The Labute approximate surface area is 197 Å². The van der Waals surface area contributed by atoms with Crippen molar-refractivity contribution in [3.63, 3.8) is 0 Å². The Morgan fingerprint density at radius 3 is 2.51 bits per heavy atom. The zero-order valence-corrected chi connectivity index (χ0v) is 18.1. The summed E-state index contributed by atoms with van der Waals surface area (Å²) in [7, 11) is 0. The number of nitrogens with zero attached hydrogens (tertiary/aromatic N) is 3. The lowest BCUT2D eigenvalue weighted by Crippen LogP contribution is -2.35. The number of carbonyl (C=O) groups is 2. The average Bonchev–Trinajstić information content (AvgIpc) is 2.84. The van der Waals surface area contributed by atoms with Crippen molar-refractivity contribution in [2.75, 3.05) is 23.4 Å². The Bertz CT molecular complexity index is 1240. The molecule has 0 aliphatic carbocycles. The molecule has 1 amide bonds. The highest BCUT2D eigenvalue weighted by molar-refractivity contribution is 5.99. The van der Waals surface area contributed by atoms with Gasteiger partial charge in [0.1, 0.15) is 17.2 Å². The molecule has 0 radical (unpaired) electrons. The summed E-state index contributed by atoms with van der Waals surface area (Å²) in [6, 6.07) is 14.0. The number of amides is 1. The van der Waals surface area contributed by atoms with Crippen LogP contribution in [0.25, 0.3) is 0 Å².